The van der Waals surface area contributed by atoms with Crippen LogP contribution in [0.5, 0.6) is 11.5 Å². The van der Waals surface area contributed by atoms with E-state index in [1.54, 1.807) is 20.3 Å². The van der Waals surface area contributed by atoms with Gasteiger partial charge in [-0.25, -0.2) is 0 Å². The van der Waals surface area contributed by atoms with Gasteiger partial charge >= 0.3 is 0 Å². The molecule has 0 radical (unpaired) electrons. The highest BCUT2D eigenvalue weighted by atomic mass is 16.5. The second-order valence-corrected chi connectivity index (χ2v) is 9.32. The molecule has 1 saturated heterocycles. The van der Waals surface area contributed by atoms with Crippen LogP contribution in [-0.2, 0) is 20.9 Å². The van der Waals surface area contributed by atoms with Crippen LogP contribution in [0.2, 0.25) is 0 Å². The lowest BCUT2D eigenvalue weighted by Crippen LogP contribution is -2.31. The van der Waals surface area contributed by atoms with Crippen molar-refractivity contribution in [2.75, 3.05) is 27.4 Å². The van der Waals surface area contributed by atoms with Gasteiger partial charge in [0.05, 0.1) is 18.7 Å². The van der Waals surface area contributed by atoms with Gasteiger partial charge in [0.2, 0.25) is 0 Å². The van der Waals surface area contributed by atoms with Crippen LogP contribution in [-0.4, -0.2) is 49.1 Å². The number of Topliss-reactive ketones (excluding diaryl/α,β-unsaturated/α-hetero) is 1. The zero-order valence-electron chi connectivity index (χ0n) is 22.2. The summed E-state index contributed by atoms with van der Waals surface area (Å²) in [6.45, 7) is 4.88. The molecule has 7 heteroatoms. The van der Waals surface area contributed by atoms with Gasteiger partial charge in [-0.1, -0.05) is 42.5 Å². The molecule has 1 heterocycles. The Hall–Kier alpha value is -4.10. The summed E-state index contributed by atoms with van der Waals surface area (Å²) in [4.78, 5) is 28.0. The van der Waals surface area contributed by atoms with Crippen molar-refractivity contribution in [2.24, 2.45) is 0 Å². The highest BCUT2D eigenvalue weighted by Crippen LogP contribution is 2.41. The molecule has 0 aliphatic carbocycles. The summed E-state index contributed by atoms with van der Waals surface area (Å²) in [5.74, 6) is -0.199. The number of aliphatic hydroxyl groups excluding tert-OH is 1. The summed E-state index contributed by atoms with van der Waals surface area (Å²) in [5.41, 5.74) is 3.86. The van der Waals surface area contributed by atoms with E-state index in [1.165, 1.54) is 4.90 Å². The normalized spacial score (nSPS) is 16.6. The minimum absolute atomic E-state index is 0.0676. The summed E-state index contributed by atoms with van der Waals surface area (Å²) in [6.07, 6.45) is 0.555. The molecule has 0 spiro atoms. The number of methoxy groups -OCH3 is 2. The number of ether oxygens (including phenoxy) is 3. The molecule has 198 valence electrons. The number of ketones is 1. The molecule has 1 aliphatic heterocycles. The van der Waals surface area contributed by atoms with Crippen LogP contribution in [0.15, 0.2) is 72.3 Å². The lowest BCUT2D eigenvalue weighted by Gasteiger charge is -2.25. The molecule has 0 aromatic heterocycles. The van der Waals surface area contributed by atoms with Gasteiger partial charge in [0.25, 0.3) is 11.7 Å². The molecule has 7 nitrogen and oxygen atoms in total. The van der Waals surface area contributed by atoms with Crippen LogP contribution >= 0.6 is 0 Å². The minimum atomic E-state index is -0.739. The second kappa shape index (κ2) is 12.0. The molecular weight excluding hydrogens is 482 g/mol. The van der Waals surface area contributed by atoms with Crippen molar-refractivity contribution in [2.45, 2.75) is 32.9 Å². The third kappa shape index (κ3) is 5.58. The van der Waals surface area contributed by atoms with Crippen LogP contribution in [0, 0.1) is 13.8 Å². The van der Waals surface area contributed by atoms with Crippen LogP contribution in [0.25, 0.3) is 5.76 Å². The molecular formula is C31H33NO6. The van der Waals surface area contributed by atoms with Crippen molar-refractivity contribution in [1.82, 2.24) is 4.90 Å². The molecule has 1 aliphatic rings. The Morgan fingerprint density at radius 1 is 0.947 bits per heavy atom. The maximum absolute atomic E-state index is 13.3. The largest absolute Gasteiger partial charge is 0.507 e. The summed E-state index contributed by atoms with van der Waals surface area (Å²) in [7, 11) is 3.18. The van der Waals surface area contributed by atoms with E-state index in [2.05, 4.69) is 0 Å². The molecule has 3 aromatic carbocycles. The van der Waals surface area contributed by atoms with Crippen molar-refractivity contribution in [1.29, 1.82) is 0 Å². The van der Waals surface area contributed by atoms with Gasteiger partial charge in [0, 0.05) is 25.8 Å². The molecule has 0 saturated carbocycles. The van der Waals surface area contributed by atoms with E-state index in [-0.39, 0.29) is 11.3 Å². The van der Waals surface area contributed by atoms with Crippen molar-refractivity contribution >= 4 is 17.4 Å². The number of nitrogens with zero attached hydrogens (tertiary/aromatic N) is 1. The average molecular weight is 516 g/mol. The van der Waals surface area contributed by atoms with Crippen molar-refractivity contribution in [3.8, 4) is 11.5 Å². The topological polar surface area (TPSA) is 85.3 Å². The molecule has 1 atom stereocenters. The quantitative estimate of drug-likeness (QED) is 0.170. The SMILES string of the molecule is COCCCN1C(=O)C(=O)/C(=C(/O)c2cc(C)c(OC)cc2C)C1c1ccc(OCc2ccccc2)cc1. The molecule has 1 fully saturated rings. The Labute approximate surface area is 223 Å². The van der Waals surface area contributed by atoms with Crippen LogP contribution < -0.4 is 9.47 Å². The van der Waals surface area contributed by atoms with E-state index in [9.17, 15) is 14.7 Å². The summed E-state index contributed by atoms with van der Waals surface area (Å²) in [5, 5.41) is 11.5. The van der Waals surface area contributed by atoms with Gasteiger partial charge in [-0.2, -0.15) is 0 Å². The number of likely N-dealkylation sites (tertiary alicyclic amines) is 1. The van der Waals surface area contributed by atoms with Gasteiger partial charge in [0.15, 0.2) is 0 Å². The minimum Gasteiger partial charge on any atom is -0.507 e. The van der Waals surface area contributed by atoms with Crippen LogP contribution in [0.4, 0.5) is 0 Å². The van der Waals surface area contributed by atoms with E-state index in [0.29, 0.717) is 48.8 Å². The number of hydrogen-bond donors (Lipinski definition) is 1. The first-order valence-electron chi connectivity index (χ1n) is 12.5. The fraction of sp³-hybridized carbons (Fsp3) is 0.290. The number of carbonyl (C=O) groups excluding carboxylic acids is 2. The van der Waals surface area contributed by atoms with E-state index in [4.69, 9.17) is 14.2 Å². The zero-order valence-corrected chi connectivity index (χ0v) is 22.2. The predicted octanol–water partition coefficient (Wildman–Crippen LogP) is 5.35. The Morgan fingerprint density at radius 3 is 2.32 bits per heavy atom. The number of rotatable bonds is 10. The number of amides is 1. The van der Waals surface area contributed by atoms with Gasteiger partial charge in [-0.05, 0) is 66.8 Å². The predicted molar refractivity (Wildman–Crippen MR) is 145 cm³/mol. The highest BCUT2D eigenvalue weighted by Gasteiger charge is 2.46. The third-order valence-corrected chi connectivity index (χ3v) is 6.73. The second-order valence-electron chi connectivity index (χ2n) is 9.32. The lowest BCUT2D eigenvalue weighted by molar-refractivity contribution is -0.140. The molecule has 4 rings (SSSR count). The number of benzene rings is 3. The van der Waals surface area contributed by atoms with Gasteiger partial charge < -0.3 is 24.2 Å². The lowest BCUT2D eigenvalue weighted by atomic mass is 9.93. The smallest absolute Gasteiger partial charge is 0.295 e. The molecule has 1 unspecified atom stereocenters. The Morgan fingerprint density at radius 2 is 1.66 bits per heavy atom. The number of aryl methyl sites for hydroxylation is 2. The average Bonchev–Trinajstić information content (AvgIpc) is 3.18. The fourth-order valence-corrected chi connectivity index (χ4v) is 4.73. The summed E-state index contributed by atoms with van der Waals surface area (Å²) >= 11 is 0. The maximum Gasteiger partial charge on any atom is 0.295 e. The van der Waals surface area contributed by atoms with Crippen molar-refractivity contribution in [3.63, 3.8) is 0 Å². The van der Waals surface area contributed by atoms with Crippen LogP contribution in [0.1, 0.15) is 40.3 Å². The maximum atomic E-state index is 13.3. The number of carbonyl (C=O) groups is 2. The fourth-order valence-electron chi connectivity index (χ4n) is 4.73. The van der Waals surface area contributed by atoms with Gasteiger partial charge in [0.1, 0.15) is 23.9 Å². The van der Waals surface area contributed by atoms with Gasteiger partial charge in [-0.3, -0.25) is 9.59 Å². The van der Waals surface area contributed by atoms with E-state index in [0.717, 1.165) is 16.7 Å². The first kappa shape index (κ1) is 26.9. The summed E-state index contributed by atoms with van der Waals surface area (Å²) < 4.78 is 16.5. The third-order valence-electron chi connectivity index (χ3n) is 6.73. The molecule has 1 N–H and O–H groups in total. The Balaban J connectivity index is 1.72. The summed E-state index contributed by atoms with van der Waals surface area (Å²) in [6, 6.07) is 20.0. The Kier molecular flexibility index (Phi) is 8.48. The van der Waals surface area contributed by atoms with Gasteiger partial charge in [-0.15, -0.1) is 0 Å². The molecule has 0 bridgehead atoms. The molecule has 1 amide bonds. The molecule has 3 aromatic rings. The standard InChI is InChI=1S/C31H33NO6/c1-20-18-26(37-4)21(2)17-25(20)29(33)27-28(32(15-8-16-36-3)31(35)30(27)34)23-11-13-24(14-12-23)38-19-22-9-6-5-7-10-22/h5-7,9-14,17-18,28,33H,8,15-16,19H2,1-4H3/b29-27+. The van der Waals surface area contributed by atoms with E-state index < -0.39 is 17.7 Å². The van der Waals surface area contributed by atoms with Crippen molar-refractivity contribution in [3.05, 3.63) is 100 Å². The number of aliphatic hydroxyl groups is 1. The first-order valence-corrected chi connectivity index (χ1v) is 12.5. The van der Waals surface area contributed by atoms with E-state index in [1.807, 2.05) is 74.5 Å². The van der Waals surface area contributed by atoms with Crippen LogP contribution in [0.3, 0.4) is 0 Å². The first-order chi connectivity index (χ1) is 18.3. The number of hydrogen-bond acceptors (Lipinski definition) is 6. The van der Waals surface area contributed by atoms with E-state index >= 15 is 0 Å². The zero-order chi connectivity index (χ0) is 27.2. The Bertz CT molecular complexity index is 1330. The van der Waals surface area contributed by atoms with Crippen molar-refractivity contribution < 1.29 is 28.9 Å². The monoisotopic (exact) mass is 515 g/mol. The molecule has 38 heavy (non-hydrogen) atoms. The highest BCUT2D eigenvalue weighted by molar-refractivity contribution is 6.46.